The minimum atomic E-state index is -0.865. The number of fused-ring (bicyclic) bond motifs is 2. The molecule has 2 saturated carbocycles. The van der Waals surface area contributed by atoms with Gasteiger partial charge in [0.1, 0.15) is 5.54 Å². The van der Waals surface area contributed by atoms with Crippen LogP contribution in [0.1, 0.15) is 53.4 Å². The van der Waals surface area contributed by atoms with Gasteiger partial charge in [-0.2, -0.15) is 0 Å². The number of terminal acetylenes is 1. The Hall–Kier alpha value is -1.76. The second kappa shape index (κ2) is 6.39. The van der Waals surface area contributed by atoms with Crippen molar-refractivity contribution < 1.29 is 14.7 Å². The van der Waals surface area contributed by atoms with Crippen LogP contribution in [0.15, 0.2) is 11.1 Å². The van der Waals surface area contributed by atoms with Crippen molar-refractivity contribution in [2.45, 2.75) is 58.9 Å². The number of allylic oxidation sites excluding steroid dienone is 2. The lowest BCUT2D eigenvalue weighted by molar-refractivity contribution is -0.149. The highest BCUT2D eigenvalue weighted by molar-refractivity contribution is 5.88. The molecule has 2 aliphatic carbocycles. The molecule has 2 N–H and O–H groups in total. The zero-order valence-corrected chi connectivity index (χ0v) is 14.5. The summed E-state index contributed by atoms with van der Waals surface area (Å²) in [6.07, 6.45) is 8.67. The van der Waals surface area contributed by atoms with Crippen LogP contribution in [0.2, 0.25) is 0 Å². The number of rotatable bonds is 5. The van der Waals surface area contributed by atoms with Crippen molar-refractivity contribution in [3.05, 3.63) is 11.1 Å². The molecule has 0 heterocycles. The molecular formula is C19H27NO3. The Bertz CT molecular complexity index is 576. The third kappa shape index (κ3) is 2.78. The van der Waals surface area contributed by atoms with Gasteiger partial charge in [-0.05, 0) is 51.4 Å². The summed E-state index contributed by atoms with van der Waals surface area (Å²) in [5, 5.41) is 12.7. The summed E-state index contributed by atoms with van der Waals surface area (Å²) in [4.78, 5) is 24.7. The highest BCUT2D eigenvalue weighted by atomic mass is 16.4. The fourth-order valence-electron chi connectivity index (χ4n) is 4.59. The van der Waals surface area contributed by atoms with Gasteiger partial charge in [0.05, 0.1) is 11.8 Å². The number of hydrogen-bond acceptors (Lipinski definition) is 2. The molecule has 4 heteroatoms. The zero-order valence-electron chi connectivity index (χ0n) is 14.5. The predicted octanol–water partition coefficient (Wildman–Crippen LogP) is 2.99. The summed E-state index contributed by atoms with van der Waals surface area (Å²) in [6, 6.07) is 0. The largest absolute Gasteiger partial charge is 0.481 e. The van der Waals surface area contributed by atoms with E-state index in [1.807, 2.05) is 27.7 Å². The molecule has 4 nitrogen and oxygen atoms in total. The fraction of sp³-hybridized carbons (Fsp3) is 0.684. The average Bonchev–Trinajstić information content (AvgIpc) is 3.08. The first-order valence-corrected chi connectivity index (χ1v) is 8.51. The van der Waals surface area contributed by atoms with Crippen LogP contribution in [0.5, 0.6) is 0 Å². The van der Waals surface area contributed by atoms with E-state index in [0.717, 1.165) is 18.4 Å². The molecule has 0 saturated heterocycles. The van der Waals surface area contributed by atoms with Crippen LogP contribution in [-0.2, 0) is 9.59 Å². The topological polar surface area (TPSA) is 66.4 Å². The van der Waals surface area contributed by atoms with Gasteiger partial charge in [-0.25, -0.2) is 0 Å². The van der Waals surface area contributed by atoms with Crippen LogP contribution in [0, 0.1) is 36.0 Å². The van der Waals surface area contributed by atoms with E-state index >= 15 is 0 Å². The SMILES string of the molecule is C#CC(CC)(CC)NC(=O)[C@@H]1[C@H](C(=O)O)[C@H]2CC[C@H]1C2=C(C)C. The van der Waals surface area contributed by atoms with Gasteiger partial charge in [-0.3, -0.25) is 9.59 Å². The lowest BCUT2D eigenvalue weighted by Crippen LogP contribution is -2.51. The van der Waals surface area contributed by atoms with Crippen LogP contribution in [0.25, 0.3) is 0 Å². The van der Waals surface area contributed by atoms with Crippen molar-refractivity contribution in [2.24, 2.45) is 23.7 Å². The van der Waals surface area contributed by atoms with E-state index in [1.54, 1.807) is 0 Å². The first-order valence-electron chi connectivity index (χ1n) is 8.51. The van der Waals surface area contributed by atoms with Gasteiger partial charge in [0, 0.05) is 0 Å². The molecule has 0 aromatic rings. The summed E-state index contributed by atoms with van der Waals surface area (Å²) < 4.78 is 0. The molecule has 2 bridgehead atoms. The van der Waals surface area contributed by atoms with Gasteiger partial charge in [-0.15, -0.1) is 6.42 Å². The smallest absolute Gasteiger partial charge is 0.307 e. The van der Waals surface area contributed by atoms with E-state index in [2.05, 4.69) is 11.2 Å². The Morgan fingerprint density at radius 3 is 2.13 bits per heavy atom. The van der Waals surface area contributed by atoms with E-state index in [-0.39, 0.29) is 17.7 Å². The maximum Gasteiger partial charge on any atom is 0.307 e. The maximum atomic E-state index is 12.9. The molecule has 0 spiro atoms. The maximum absolute atomic E-state index is 12.9. The first-order chi connectivity index (χ1) is 10.8. The molecule has 1 amide bonds. The summed E-state index contributed by atoms with van der Waals surface area (Å²) >= 11 is 0. The number of carbonyl (C=O) groups is 2. The molecule has 0 unspecified atom stereocenters. The summed E-state index contributed by atoms with van der Waals surface area (Å²) in [6.45, 7) is 7.93. The number of nitrogens with one attached hydrogen (secondary N) is 1. The lowest BCUT2D eigenvalue weighted by atomic mass is 9.78. The predicted molar refractivity (Wildman–Crippen MR) is 89.5 cm³/mol. The van der Waals surface area contributed by atoms with Crippen LogP contribution in [-0.4, -0.2) is 22.5 Å². The average molecular weight is 317 g/mol. The van der Waals surface area contributed by atoms with Gasteiger partial charge in [0.2, 0.25) is 5.91 Å². The molecule has 0 aliphatic heterocycles. The van der Waals surface area contributed by atoms with Gasteiger partial charge in [0.15, 0.2) is 0 Å². The lowest BCUT2D eigenvalue weighted by Gasteiger charge is -2.32. The summed E-state index contributed by atoms with van der Waals surface area (Å²) in [5.74, 6) is 0.577. The standard InChI is InChI=1S/C19H27NO3/c1-6-19(7-2,8-3)20-17(21)15-12-9-10-13(14(12)11(4)5)16(15)18(22)23/h1,12-13,15-16H,7-10H2,2-5H3,(H,20,21)(H,22,23)/t12-,13-,15-,16+/m0/s1. The minimum Gasteiger partial charge on any atom is -0.481 e. The summed E-state index contributed by atoms with van der Waals surface area (Å²) in [5.41, 5.74) is 1.68. The monoisotopic (exact) mass is 317 g/mol. The fourth-order valence-corrected chi connectivity index (χ4v) is 4.59. The van der Waals surface area contributed by atoms with Crippen molar-refractivity contribution in [3.8, 4) is 12.3 Å². The Balaban J connectivity index is 2.34. The third-order valence-corrected chi connectivity index (χ3v) is 5.85. The normalized spacial score (nSPS) is 29.3. The van der Waals surface area contributed by atoms with Crippen molar-refractivity contribution in [3.63, 3.8) is 0 Å². The second-order valence-electron chi connectivity index (χ2n) is 7.06. The van der Waals surface area contributed by atoms with Crippen molar-refractivity contribution in [1.29, 1.82) is 0 Å². The number of carboxylic acids is 1. The minimum absolute atomic E-state index is 0.00161. The Kier molecular flexibility index (Phi) is 4.89. The molecule has 2 fully saturated rings. The Labute approximate surface area is 138 Å². The van der Waals surface area contributed by atoms with Gasteiger partial charge >= 0.3 is 5.97 Å². The van der Waals surface area contributed by atoms with E-state index in [9.17, 15) is 14.7 Å². The van der Waals surface area contributed by atoms with E-state index in [0.29, 0.717) is 12.8 Å². The molecular weight excluding hydrogens is 290 g/mol. The van der Waals surface area contributed by atoms with Crippen molar-refractivity contribution in [2.75, 3.05) is 0 Å². The van der Waals surface area contributed by atoms with E-state index < -0.39 is 23.3 Å². The molecule has 126 valence electrons. The van der Waals surface area contributed by atoms with E-state index in [1.165, 1.54) is 5.57 Å². The quantitative estimate of drug-likeness (QED) is 0.605. The molecule has 0 aromatic heterocycles. The molecule has 0 aromatic carbocycles. The van der Waals surface area contributed by atoms with E-state index in [4.69, 9.17) is 6.42 Å². The summed E-state index contributed by atoms with van der Waals surface area (Å²) in [7, 11) is 0. The zero-order chi connectivity index (χ0) is 17.4. The molecule has 23 heavy (non-hydrogen) atoms. The van der Waals surface area contributed by atoms with Crippen LogP contribution in [0.3, 0.4) is 0 Å². The van der Waals surface area contributed by atoms with Crippen LogP contribution < -0.4 is 5.32 Å². The van der Waals surface area contributed by atoms with Crippen molar-refractivity contribution in [1.82, 2.24) is 5.32 Å². The van der Waals surface area contributed by atoms with Crippen LogP contribution >= 0.6 is 0 Å². The Morgan fingerprint density at radius 2 is 1.74 bits per heavy atom. The Morgan fingerprint density at radius 1 is 1.22 bits per heavy atom. The molecule has 2 rings (SSSR count). The highest BCUT2D eigenvalue weighted by Gasteiger charge is 2.57. The number of aliphatic carboxylic acids is 1. The van der Waals surface area contributed by atoms with Gasteiger partial charge in [0.25, 0.3) is 0 Å². The van der Waals surface area contributed by atoms with Crippen LogP contribution in [0.4, 0.5) is 0 Å². The molecule has 2 aliphatic rings. The van der Waals surface area contributed by atoms with Gasteiger partial charge < -0.3 is 10.4 Å². The highest BCUT2D eigenvalue weighted by Crippen LogP contribution is 2.57. The number of amides is 1. The third-order valence-electron chi connectivity index (χ3n) is 5.85. The van der Waals surface area contributed by atoms with Crippen molar-refractivity contribution >= 4 is 11.9 Å². The first kappa shape index (κ1) is 17.6. The number of carbonyl (C=O) groups excluding carboxylic acids is 1. The molecule has 0 radical (unpaired) electrons. The number of hydrogen-bond donors (Lipinski definition) is 2. The molecule has 4 atom stereocenters. The second-order valence-corrected chi connectivity index (χ2v) is 7.06. The number of carboxylic acid groups (broad SMARTS) is 1. The van der Waals surface area contributed by atoms with Gasteiger partial charge in [-0.1, -0.05) is 30.9 Å².